The zero-order valence-corrected chi connectivity index (χ0v) is 25.4. The number of nitrogens with zero attached hydrogens (tertiary/aromatic N) is 1. The van der Waals surface area contributed by atoms with Crippen LogP contribution in [-0.2, 0) is 28.8 Å². The molecule has 0 spiro atoms. The Hall–Kier alpha value is -4.86. The highest BCUT2D eigenvalue weighted by molar-refractivity contribution is 6.02. The van der Waals surface area contributed by atoms with E-state index in [1.54, 1.807) is 0 Å². The van der Waals surface area contributed by atoms with Gasteiger partial charge in [0, 0.05) is 44.2 Å². The van der Waals surface area contributed by atoms with Crippen molar-refractivity contribution in [3.05, 3.63) is 11.9 Å². The SMILES string of the molecule is C[C@@H]1NC(=O)[C@@H](N)CNC(=O)[C@@H](C2CC(N)=NCN2)NC(=O)/C(=C\NC(N)=O)NC(=O)[C@H](CNC(=O)C[C@@H](N)CCCN)NC1=O. The summed E-state index contributed by atoms with van der Waals surface area (Å²) >= 11 is 0. The maximum Gasteiger partial charge on any atom is 0.316 e. The van der Waals surface area contributed by atoms with Crippen LogP contribution in [0.5, 0.6) is 0 Å². The zero-order chi connectivity index (χ0) is 34.4. The molecule has 1 unspecified atom stereocenters. The molecule has 1 saturated heterocycles. The number of urea groups is 1. The summed E-state index contributed by atoms with van der Waals surface area (Å²) < 4.78 is 0. The first kappa shape index (κ1) is 37.3. The van der Waals surface area contributed by atoms with Crippen LogP contribution < -0.4 is 71.2 Å². The molecule has 0 aliphatic carbocycles. The Labute approximate surface area is 264 Å². The van der Waals surface area contributed by atoms with Gasteiger partial charge in [-0.2, -0.15) is 0 Å². The lowest BCUT2D eigenvalue weighted by Crippen LogP contribution is -2.63. The molecule has 0 saturated carbocycles. The average molecular weight is 653 g/mol. The van der Waals surface area contributed by atoms with Gasteiger partial charge in [-0.05, 0) is 26.3 Å². The summed E-state index contributed by atoms with van der Waals surface area (Å²) in [7, 11) is 0. The molecule has 8 amide bonds. The van der Waals surface area contributed by atoms with Gasteiger partial charge < -0.3 is 65.9 Å². The smallest absolute Gasteiger partial charge is 0.316 e. The molecule has 0 radical (unpaired) electrons. The number of hydrogen-bond donors (Lipinski definition) is 13. The molecule has 2 rings (SSSR count). The number of aliphatic imine (C=N–C) groups is 1. The van der Waals surface area contributed by atoms with E-state index >= 15 is 0 Å². The van der Waals surface area contributed by atoms with Crippen LogP contribution in [0.2, 0.25) is 0 Å². The van der Waals surface area contributed by atoms with E-state index in [4.69, 9.17) is 28.7 Å². The van der Waals surface area contributed by atoms with Crippen molar-refractivity contribution in [1.29, 1.82) is 0 Å². The minimum absolute atomic E-state index is 0.0314. The largest absolute Gasteiger partial charge is 0.387 e. The predicted octanol–water partition coefficient (Wildman–Crippen LogP) is -7.21. The van der Waals surface area contributed by atoms with E-state index in [0.29, 0.717) is 19.4 Å². The van der Waals surface area contributed by atoms with Gasteiger partial charge in [0.25, 0.3) is 5.91 Å². The Morgan fingerprint density at radius 1 is 1.07 bits per heavy atom. The Balaban J connectivity index is 2.42. The number of amides is 8. The molecule has 21 nitrogen and oxygen atoms in total. The number of rotatable bonds is 9. The Kier molecular flexibility index (Phi) is 14.8. The minimum atomic E-state index is -1.52. The summed E-state index contributed by atoms with van der Waals surface area (Å²) in [6, 6.07) is -7.79. The van der Waals surface area contributed by atoms with Crippen molar-refractivity contribution in [2.45, 2.75) is 68.9 Å². The van der Waals surface area contributed by atoms with E-state index in [1.165, 1.54) is 6.92 Å². The van der Waals surface area contributed by atoms with Crippen LogP contribution in [0.1, 0.15) is 32.6 Å². The van der Waals surface area contributed by atoms with Crippen LogP contribution in [-0.4, -0.2) is 110 Å². The van der Waals surface area contributed by atoms with E-state index < -0.39 is 90.0 Å². The first-order chi connectivity index (χ1) is 21.7. The molecule has 2 heterocycles. The van der Waals surface area contributed by atoms with Crippen molar-refractivity contribution in [3.8, 4) is 0 Å². The standard InChI is InChI=1S/C25H44N14O7/c1-11-20(41)37-15(8-31-18(40)5-12(27)3-2-4-26)22(43)38-16(9-33-25(30)46)23(44)39-19(14-6-17(29)35-10-34-14)24(45)32-7-13(28)21(42)36-11/h9,11-15,19,34H,2-8,10,26-28H2,1H3,(H2,29,35)(H,31,40)(H,32,45)(H,36,42)(H,37,41)(H,38,43)(H,39,44)(H3,30,33,46)/b16-9+/t11-,12-,13-,14?,15-,19+/m0/s1. The van der Waals surface area contributed by atoms with Crippen LogP contribution in [0.25, 0.3) is 0 Å². The molecule has 46 heavy (non-hydrogen) atoms. The summed E-state index contributed by atoms with van der Waals surface area (Å²) in [4.78, 5) is 93.7. The third-order valence-corrected chi connectivity index (χ3v) is 6.85. The molecule has 1 fully saturated rings. The lowest BCUT2D eigenvalue weighted by Gasteiger charge is -2.31. The fourth-order valence-corrected chi connectivity index (χ4v) is 4.27. The van der Waals surface area contributed by atoms with Gasteiger partial charge in [-0.3, -0.25) is 39.1 Å². The van der Waals surface area contributed by atoms with Crippen LogP contribution in [0.15, 0.2) is 16.9 Å². The molecule has 0 bridgehead atoms. The minimum Gasteiger partial charge on any atom is -0.387 e. The maximum absolute atomic E-state index is 13.4. The molecule has 0 aromatic carbocycles. The quantitative estimate of drug-likeness (QED) is 0.103. The van der Waals surface area contributed by atoms with Crippen molar-refractivity contribution in [2.24, 2.45) is 33.7 Å². The molecule has 2 aliphatic heterocycles. The van der Waals surface area contributed by atoms with Gasteiger partial charge in [-0.25, -0.2) is 4.79 Å². The van der Waals surface area contributed by atoms with Gasteiger partial charge in [-0.1, -0.05) is 0 Å². The molecule has 0 aromatic rings. The molecule has 18 N–H and O–H groups in total. The van der Waals surface area contributed by atoms with Crippen LogP contribution in [0.3, 0.4) is 0 Å². The van der Waals surface area contributed by atoms with Crippen LogP contribution in [0, 0.1) is 0 Å². The van der Waals surface area contributed by atoms with Gasteiger partial charge in [0.1, 0.15) is 29.9 Å². The van der Waals surface area contributed by atoms with Crippen LogP contribution >= 0.6 is 0 Å². The van der Waals surface area contributed by atoms with Crippen molar-refractivity contribution < 1.29 is 33.6 Å². The van der Waals surface area contributed by atoms with Gasteiger partial charge in [0.2, 0.25) is 29.5 Å². The second-order valence-corrected chi connectivity index (χ2v) is 10.7. The van der Waals surface area contributed by atoms with E-state index in [1.807, 2.05) is 0 Å². The zero-order valence-electron chi connectivity index (χ0n) is 25.4. The Bertz CT molecular complexity index is 1230. The Morgan fingerprint density at radius 2 is 1.78 bits per heavy atom. The van der Waals surface area contributed by atoms with Gasteiger partial charge in [0.15, 0.2) is 0 Å². The fraction of sp³-hybridized carbons (Fsp3) is 0.600. The molecule has 6 atom stereocenters. The summed E-state index contributed by atoms with van der Waals surface area (Å²) in [5, 5.41) is 19.5. The highest BCUT2D eigenvalue weighted by atomic mass is 16.2. The molecule has 256 valence electrons. The number of primary amides is 1. The van der Waals surface area contributed by atoms with Crippen molar-refractivity contribution in [3.63, 3.8) is 0 Å². The predicted molar refractivity (Wildman–Crippen MR) is 163 cm³/mol. The third kappa shape index (κ3) is 12.3. The van der Waals surface area contributed by atoms with Crippen molar-refractivity contribution in [1.82, 2.24) is 42.5 Å². The second kappa shape index (κ2) is 18.2. The van der Waals surface area contributed by atoms with Crippen molar-refractivity contribution in [2.75, 3.05) is 26.3 Å². The van der Waals surface area contributed by atoms with E-state index in [0.717, 1.165) is 6.20 Å². The molecular weight excluding hydrogens is 608 g/mol. The number of amidine groups is 1. The molecular formula is C25H44N14O7. The van der Waals surface area contributed by atoms with Gasteiger partial charge >= 0.3 is 6.03 Å². The maximum atomic E-state index is 13.4. The second-order valence-electron chi connectivity index (χ2n) is 10.7. The summed E-state index contributed by atoms with van der Waals surface area (Å²) in [5.74, 6) is -4.85. The first-order valence-electron chi connectivity index (χ1n) is 14.5. The first-order valence-corrected chi connectivity index (χ1v) is 14.5. The third-order valence-electron chi connectivity index (χ3n) is 6.85. The highest BCUT2D eigenvalue weighted by Crippen LogP contribution is 2.07. The van der Waals surface area contributed by atoms with E-state index in [2.05, 4.69) is 47.5 Å². The van der Waals surface area contributed by atoms with Gasteiger partial charge in [-0.15, -0.1) is 0 Å². The van der Waals surface area contributed by atoms with Crippen molar-refractivity contribution >= 4 is 47.3 Å². The highest BCUT2D eigenvalue weighted by Gasteiger charge is 2.35. The number of hydrogen-bond acceptors (Lipinski definition) is 13. The molecule has 2 aliphatic rings. The lowest BCUT2D eigenvalue weighted by molar-refractivity contribution is -0.133. The van der Waals surface area contributed by atoms with E-state index in [9.17, 15) is 33.6 Å². The number of carbonyl (C=O) groups excluding carboxylic acids is 7. The number of carbonyl (C=O) groups is 7. The monoisotopic (exact) mass is 652 g/mol. The topological polar surface area (TPSA) is 358 Å². The number of nitrogens with two attached hydrogens (primary N) is 5. The average Bonchev–Trinajstić information content (AvgIpc) is 3.00. The fourth-order valence-electron chi connectivity index (χ4n) is 4.27. The van der Waals surface area contributed by atoms with Gasteiger partial charge in [0.05, 0.1) is 12.5 Å². The normalized spacial score (nSPS) is 26.8. The van der Waals surface area contributed by atoms with E-state index in [-0.39, 0.29) is 31.9 Å². The lowest BCUT2D eigenvalue weighted by atomic mass is 10.0. The molecule has 21 heteroatoms. The Morgan fingerprint density at radius 3 is 2.43 bits per heavy atom. The summed E-state index contributed by atoms with van der Waals surface area (Å²) in [6.07, 6.45) is 1.80. The molecule has 0 aromatic heterocycles. The summed E-state index contributed by atoms with van der Waals surface area (Å²) in [5.41, 5.74) is 27.7. The van der Waals surface area contributed by atoms with Crippen LogP contribution in [0.4, 0.5) is 4.79 Å². The number of nitrogens with one attached hydrogen (secondary N) is 8. The summed E-state index contributed by atoms with van der Waals surface area (Å²) in [6.45, 7) is 0.893.